The first kappa shape index (κ1) is 12.4. The Bertz CT molecular complexity index is 333. The van der Waals surface area contributed by atoms with Crippen LogP contribution in [0.3, 0.4) is 0 Å². The van der Waals surface area contributed by atoms with Crippen LogP contribution in [-0.2, 0) is 4.74 Å². The Morgan fingerprint density at radius 1 is 1.25 bits per heavy atom. The monoisotopic (exact) mass is 222 g/mol. The van der Waals surface area contributed by atoms with Crippen LogP contribution >= 0.6 is 0 Å². The molecule has 0 saturated heterocycles. The summed E-state index contributed by atoms with van der Waals surface area (Å²) < 4.78 is 4.97. The predicted octanol–water partition coefficient (Wildman–Crippen LogP) is 3.08. The molecule has 1 amide bonds. The third-order valence-electron chi connectivity index (χ3n) is 1.85. The third-order valence-corrected chi connectivity index (χ3v) is 1.85. The summed E-state index contributed by atoms with van der Waals surface area (Å²) in [5.74, 6) is 0. The van der Waals surface area contributed by atoms with Crippen LogP contribution in [-0.4, -0.2) is 18.7 Å². The second kappa shape index (κ2) is 6.00. The zero-order chi connectivity index (χ0) is 12.0. The van der Waals surface area contributed by atoms with Crippen molar-refractivity contribution in [2.45, 2.75) is 26.9 Å². The van der Waals surface area contributed by atoms with Gasteiger partial charge in [-0.25, -0.2) is 4.79 Å². The van der Waals surface area contributed by atoms with E-state index in [1.54, 1.807) is 0 Å². The van der Waals surface area contributed by atoms with E-state index < -0.39 is 6.09 Å². The van der Waals surface area contributed by atoms with Crippen LogP contribution in [0.25, 0.3) is 0 Å². The predicted molar refractivity (Wildman–Crippen MR) is 65.8 cm³/mol. The molecule has 0 saturated carbocycles. The van der Waals surface area contributed by atoms with Crippen molar-refractivity contribution in [1.82, 2.24) is 0 Å². The lowest BCUT2D eigenvalue weighted by Crippen LogP contribution is -2.17. The maximum absolute atomic E-state index is 11.3. The van der Waals surface area contributed by atoms with Gasteiger partial charge in [-0.15, -0.1) is 0 Å². The van der Waals surface area contributed by atoms with Crippen LogP contribution in [0.1, 0.15) is 20.8 Å². The van der Waals surface area contributed by atoms with Gasteiger partial charge in [0.05, 0.1) is 6.10 Å². The van der Waals surface area contributed by atoms with Gasteiger partial charge < -0.3 is 10.1 Å². The van der Waals surface area contributed by atoms with Crippen LogP contribution in [0, 0.1) is 0 Å². The van der Waals surface area contributed by atoms with E-state index in [0.717, 1.165) is 17.9 Å². The van der Waals surface area contributed by atoms with Crippen molar-refractivity contribution in [2.24, 2.45) is 0 Å². The normalized spacial score (nSPS) is 10.0. The molecule has 1 aromatic rings. The number of benzene rings is 1. The first-order valence-corrected chi connectivity index (χ1v) is 5.43. The zero-order valence-electron chi connectivity index (χ0n) is 9.91. The summed E-state index contributed by atoms with van der Waals surface area (Å²) >= 11 is 0. The summed E-state index contributed by atoms with van der Waals surface area (Å²) in [5.41, 5.74) is 1.76. The SMILES string of the molecule is CCNc1ccc(NC(=O)OC(C)C)cc1. The second-order valence-corrected chi connectivity index (χ2v) is 3.69. The van der Waals surface area contributed by atoms with Crippen molar-refractivity contribution in [2.75, 3.05) is 17.2 Å². The maximum Gasteiger partial charge on any atom is 0.411 e. The van der Waals surface area contributed by atoms with Crippen LogP contribution in [0.15, 0.2) is 24.3 Å². The lowest BCUT2D eigenvalue weighted by atomic mass is 10.3. The number of rotatable bonds is 4. The highest BCUT2D eigenvalue weighted by molar-refractivity contribution is 5.84. The Labute approximate surface area is 96.0 Å². The highest BCUT2D eigenvalue weighted by Crippen LogP contribution is 2.13. The van der Waals surface area contributed by atoms with Crippen LogP contribution in [0.5, 0.6) is 0 Å². The van der Waals surface area contributed by atoms with Gasteiger partial charge in [0.15, 0.2) is 0 Å². The largest absolute Gasteiger partial charge is 0.447 e. The average molecular weight is 222 g/mol. The van der Waals surface area contributed by atoms with E-state index >= 15 is 0 Å². The quantitative estimate of drug-likeness (QED) is 0.823. The van der Waals surface area contributed by atoms with E-state index in [1.165, 1.54) is 0 Å². The molecule has 0 heterocycles. The number of carbonyl (C=O) groups excluding carboxylic acids is 1. The fraction of sp³-hybridized carbons (Fsp3) is 0.417. The number of hydrogen-bond donors (Lipinski definition) is 2. The smallest absolute Gasteiger partial charge is 0.411 e. The minimum Gasteiger partial charge on any atom is -0.447 e. The molecule has 0 radical (unpaired) electrons. The van der Waals surface area contributed by atoms with Gasteiger partial charge in [0.1, 0.15) is 0 Å². The van der Waals surface area contributed by atoms with E-state index in [-0.39, 0.29) is 6.10 Å². The standard InChI is InChI=1S/C12H18N2O2/c1-4-13-10-5-7-11(8-6-10)14-12(15)16-9(2)3/h5-9,13H,4H2,1-3H3,(H,14,15). The lowest BCUT2D eigenvalue weighted by molar-refractivity contribution is 0.130. The zero-order valence-corrected chi connectivity index (χ0v) is 9.91. The molecule has 4 nitrogen and oxygen atoms in total. The maximum atomic E-state index is 11.3. The van der Waals surface area contributed by atoms with E-state index in [1.807, 2.05) is 45.0 Å². The minimum atomic E-state index is -0.425. The van der Waals surface area contributed by atoms with Gasteiger partial charge in [0.2, 0.25) is 0 Å². The molecule has 0 aliphatic heterocycles. The summed E-state index contributed by atoms with van der Waals surface area (Å²) in [6, 6.07) is 7.49. The Kier molecular flexibility index (Phi) is 4.64. The summed E-state index contributed by atoms with van der Waals surface area (Å²) in [5, 5.41) is 5.83. The number of carbonyl (C=O) groups is 1. The minimum absolute atomic E-state index is 0.110. The topological polar surface area (TPSA) is 50.4 Å². The van der Waals surface area contributed by atoms with E-state index in [2.05, 4.69) is 10.6 Å². The third kappa shape index (κ3) is 4.21. The van der Waals surface area contributed by atoms with Gasteiger partial charge in [0.25, 0.3) is 0 Å². The Morgan fingerprint density at radius 2 is 1.81 bits per heavy atom. The van der Waals surface area contributed by atoms with Gasteiger partial charge >= 0.3 is 6.09 Å². The molecule has 0 bridgehead atoms. The summed E-state index contributed by atoms with van der Waals surface area (Å²) in [7, 11) is 0. The van der Waals surface area contributed by atoms with Crippen molar-refractivity contribution in [3.05, 3.63) is 24.3 Å². The van der Waals surface area contributed by atoms with Gasteiger partial charge in [-0.1, -0.05) is 0 Å². The fourth-order valence-electron chi connectivity index (χ4n) is 1.24. The van der Waals surface area contributed by atoms with Gasteiger partial charge in [-0.05, 0) is 45.0 Å². The van der Waals surface area contributed by atoms with E-state index in [4.69, 9.17) is 4.74 Å². The summed E-state index contributed by atoms with van der Waals surface area (Å²) in [4.78, 5) is 11.3. The van der Waals surface area contributed by atoms with Gasteiger partial charge in [-0.3, -0.25) is 5.32 Å². The van der Waals surface area contributed by atoms with Crippen LogP contribution in [0.4, 0.5) is 16.2 Å². The highest BCUT2D eigenvalue weighted by atomic mass is 16.6. The molecule has 0 aromatic heterocycles. The Morgan fingerprint density at radius 3 is 2.31 bits per heavy atom. The Balaban J connectivity index is 2.51. The number of nitrogens with one attached hydrogen (secondary N) is 2. The molecule has 0 spiro atoms. The van der Waals surface area contributed by atoms with Crippen LogP contribution < -0.4 is 10.6 Å². The highest BCUT2D eigenvalue weighted by Gasteiger charge is 2.04. The van der Waals surface area contributed by atoms with Crippen LogP contribution in [0.2, 0.25) is 0 Å². The first-order chi connectivity index (χ1) is 7.61. The van der Waals surface area contributed by atoms with Crippen molar-refractivity contribution >= 4 is 17.5 Å². The average Bonchev–Trinajstić information content (AvgIpc) is 2.20. The summed E-state index contributed by atoms with van der Waals surface area (Å²) in [6.07, 6.45) is -0.535. The molecule has 16 heavy (non-hydrogen) atoms. The van der Waals surface area contributed by atoms with Crippen molar-refractivity contribution < 1.29 is 9.53 Å². The molecule has 1 rings (SSSR count). The van der Waals surface area contributed by atoms with Crippen molar-refractivity contribution in [3.63, 3.8) is 0 Å². The van der Waals surface area contributed by atoms with E-state index in [9.17, 15) is 4.79 Å². The van der Waals surface area contributed by atoms with Gasteiger partial charge in [-0.2, -0.15) is 0 Å². The number of hydrogen-bond acceptors (Lipinski definition) is 3. The van der Waals surface area contributed by atoms with Gasteiger partial charge in [0, 0.05) is 17.9 Å². The first-order valence-electron chi connectivity index (χ1n) is 5.43. The summed E-state index contributed by atoms with van der Waals surface area (Å²) in [6.45, 7) is 6.54. The molecule has 0 aliphatic rings. The lowest BCUT2D eigenvalue weighted by Gasteiger charge is -2.10. The Hall–Kier alpha value is -1.71. The molecule has 0 aliphatic carbocycles. The number of anilines is 2. The van der Waals surface area contributed by atoms with Crippen molar-refractivity contribution in [1.29, 1.82) is 0 Å². The molecule has 0 atom stereocenters. The molecule has 0 unspecified atom stereocenters. The molecular formula is C12H18N2O2. The molecule has 1 aromatic carbocycles. The molecule has 2 N–H and O–H groups in total. The molecule has 4 heteroatoms. The second-order valence-electron chi connectivity index (χ2n) is 3.69. The number of ether oxygens (including phenoxy) is 1. The molecule has 0 fully saturated rings. The molecule has 88 valence electrons. The van der Waals surface area contributed by atoms with Crippen molar-refractivity contribution in [3.8, 4) is 0 Å². The fourth-order valence-corrected chi connectivity index (χ4v) is 1.24. The number of amides is 1. The molecular weight excluding hydrogens is 204 g/mol. The van der Waals surface area contributed by atoms with E-state index in [0.29, 0.717) is 0 Å².